The van der Waals surface area contributed by atoms with Crippen LogP contribution in [0.5, 0.6) is 11.5 Å². The molecule has 0 aliphatic heterocycles. The van der Waals surface area contributed by atoms with Crippen LogP contribution in [0, 0.1) is 20.7 Å². The summed E-state index contributed by atoms with van der Waals surface area (Å²) in [6.45, 7) is 1.65. The van der Waals surface area contributed by atoms with Crippen LogP contribution >= 0.6 is 22.6 Å². The molecule has 0 bridgehead atoms. The van der Waals surface area contributed by atoms with E-state index in [1.165, 1.54) is 31.4 Å². The lowest BCUT2D eigenvalue weighted by Crippen LogP contribution is -2.15. The first-order valence-corrected chi connectivity index (χ1v) is 9.81. The number of methoxy groups -OCH3 is 1. The molecule has 0 aliphatic rings. The second-order valence-corrected chi connectivity index (χ2v) is 6.89. The molecule has 9 heteroatoms. The van der Waals surface area contributed by atoms with Gasteiger partial charge in [0.25, 0.3) is 5.91 Å². The third-order valence-electron chi connectivity index (χ3n) is 3.69. The van der Waals surface area contributed by atoms with Crippen LogP contribution < -0.4 is 14.8 Å². The molecule has 30 heavy (non-hydrogen) atoms. The van der Waals surface area contributed by atoms with Gasteiger partial charge in [-0.15, -0.1) is 0 Å². The van der Waals surface area contributed by atoms with Crippen molar-refractivity contribution >= 4 is 46.2 Å². The highest BCUT2D eigenvalue weighted by molar-refractivity contribution is 14.1. The van der Waals surface area contributed by atoms with Gasteiger partial charge in [0.05, 0.1) is 23.0 Å². The number of nitriles is 1. The molecule has 1 N–H and O–H groups in total. The molecule has 2 aromatic carbocycles. The number of benzene rings is 2. The average Bonchev–Trinajstić information content (AvgIpc) is 2.72. The Morgan fingerprint density at radius 1 is 1.30 bits per heavy atom. The minimum Gasteiger partial charge on any atom is -0.493 e. The van der Waals surface area contributed by atoms with Crippen molar-refractivity contribution in [3.63, 3.8) is 0 Å². The third kappa shape index (κ3) is 6.18. The average molecular weight is 524 g/mol. The summed E-state index contributed by atoms with van der Waals surface area (Å²) in [6.07, 6.45) is 1.34. The normalized spacial score (nSPS) is 10.7. The summed E-state index contributed by atoms with van der Waals surface area (Å²) in [5, 5.41) is 11.7. The van der Waals surface area contributed by atoms with Crippen LogP contribution in [0.1, 0.15) is 12.5 Å². The molecule has 0 spiro atoms. The molecule has 0 aromatic heterocycles. The summed E-state index contributed by atoms with van der Waals surface area (Å²) >= 11 is 1.98. The summed E-state index contributed by atoms with van der Waals surface area (Å²) < 4.78 is 29.9. The summed E-state index contributed by atoms with van der Waals surface area (Å²) in [5.41, 5.74) is 0.231. The third-order valence-corrected chi connectivity index (χ3v) is 4.49. The number of amides is 1. The quantitative estimate of drug-likeness (QED) is 0.243. The highest BCUT2D eigenvalue weighted by Gasteiger charge is 2.16. The predicted octanol–water partition coefficient (Wildman–Crippen LogP) is 3.93. The van der Waals surface area contributed by atoms with Crippen molar-refractivity contribution in [3.05, 3.63) is 56.9 Å². The van der Waals surface area contributed by atoms with E-state index >= 15 is 0 Å². The fourth-order valence-corrected chi connectivity index (χ4v) is 3.15. The highest BCUT2D eigenvalue weighted by Crippen LogP contribution is 2.34. The van der Waals surface area contributed by atoms with Gasteiger partial charge in [-0.3, -0.25) is 4.79 Å². The molecule has 2 aromatic rings. The Bertz CT molecular complexity index is 1020. The molecule has 0 saturated carbocycles. The first kappa shape index (κ1) is 23.2. The SMILES string of the molecule is CCOC(=O)COc1c(I)cc(/C=C(/C#N)C(=O)Nc2ccccc2F)cc1OC. The fourth-order valence-electron chi connectivity index (χ4n) is 2.36. The number of halogens is 2. The first-order valence-electron chi connectivity index (χ1n) is 8.73. The molecular formula is C21H18FIN2O5. The van der Waals surface area contributed by atoms with Crippen molar-refractivity contribution < 1.29 is 28.2 Å². The summed E-state index contributed by atoms with van der Waals surface area (Å²) in [6, 6.07) is 10.7. The van der Waals surface area contributed by atoms with E-state index in [9.17, 15) is 19.2 Å². The maximum Gasteiger partial charge on any atom is 0.344 e. The van der Waals surface area contributed by atoms with Crippen molar-refractivity contribution in [2.75, 3.05) is 25.6 Å². The van der Waals surface area contributed by atoms with Gasteiger partial charge < -0.3 is 19.5 Å². The van der Waals surface area contributed by atoms with E-state index < -0.39 is 17.7 Å². The van der Waals surface area contributed by atoms with Gasteiger partial charge in [0.1, 0.15) is 17.5 Å². The van der Waals surface area contributed by atoms with Crippen LogP contribution in [0.4, 0.5) is 10.1 Å². The lowest BCUT2D eigenvalue weighted by atomic mass is 10.1. The number of nitrogens with zero attached hydrogens (tertiary/aromatic N) is 1. The number of carbonyl (C=O) groups excluding carboxylic acids is 2. The van der Waals surface area contributed by atoms with E-state index in [0.29, 0.717) is 20.6 Å². The Morgan fingerprint density at radius 2 is 2.03 bits per heavy atom. The number of anilines is 1. The molecule has 0 saturated heterocycles. The molecule has 1 amide bonds. The van der Waals surface area contributed by atoms with Gasteiger partial charge in [-0.05, 0) is 65.4 Å². The van der Waals surface area contributed by atoms with E-state index in [-0.39, 0.29) is 24.5 Å². The second kappa shape index (κ2) is 11.2. The first-order chi connectivity index (χ1) is 14.4. The van der Waals surface area contributed by atoms with Crippen molar-refractivity contribution in [2.24, 2.45) is 0 Å². The van der Waals surface area contributed by atoms with E-state index in [1.54, 1.807) is 31.2 Å². The lowest BCUT2D eigenvalue weighted by Gasteiger charge is -2.13. The number of rotatable bonds is 8. The standard InChI is InChI=1S/C21H18FIN2O5/c1-3-29-19(26)12-30-20-16(23)9-13(10-18(20)28-2)8-14(11-24)21(27)25-17-7-5-4-6-15(17)22/h4-10H,3,12H2,1-2H3,(H,25,27)/b14-8-. The van der Waals surface area contributed by atoms with Crippen molar-refractivity contribution in [1.29, 1.82) is 5.26 Å². The molecule has 7 nitrogen and oxygen atoms in total. The molecule has 0 radical (unpaired) electrons. The smallest absolute Gasteiger partial charge is 0.344 e. The zero-order valence-corrected chi connectivity index (χ0v) is 18.4. The highest BCUT2D eigenvalue weighted by atomic mass is 127. The minimum absolute atomic E-state index is 0.0291. The van der Waals surface area contributed by atoms with E-state index in [4.69, 9.17) is 14.2 Å². The van der Waals surface area contributed by atoms with Gasteiger partial charge in [-0.2, -0.15) is 5.26 Å². The van der Waals surface area contributed by atoms with Crippen LogP contribution in [0.2, 0.25) is 0 Å². The van der Waals surface area contributed by atoms with Gasteiger partial charge >= 0.3 is 5.97 Å². The zero-order valence-electron chi connectivity index (χ0n) is 16.2. The van der Waals surface area contributed by atoms with Crippen LogP contribution in [-0.4, -0.2) is 32.2 Å². The van der Waals surface area contributed by atoms with Crippen LogP contribution in [-0.2, 0) is 14.3 Å². The van der Waals surface area contributed by atoms with Crippen LogP contribution in [0.25, 0.3) is 6.08 Å². The molecule has 156 valence electrons. The number of esters is 1. The number of ether oxygens (including phenoxy) is 3. The lowest BCUT2D eigenvalue weighted by molar-refractivity contribution is -0.145. The summed E-state index contributed by atoms with van der Waals surface area (Å²) in [4.78, 5) is 23.9. The van der Waals surface area contributed by atoms with Gasteiger partial charge in [-0.1, -0.05) is 12.1 Å². The minimum atomic E-state index is -0.751. The van der Waals surface area contributed by atoms with E-state index in [0.717, 1.165) is 0 Å². The topological polar surface area (TPSA) is 97.7 Å². The molecule has 2 rings (SSSR count). The molecule has 0 atom stereocenters. The monoisotopic (exact) mass is 524 g/mol. The fraction of sp³-hybridized carbons (Fsp3) is 0.190. The Morgan fingerprint density at radius 3 is 2.67 bits per heavy atom. The van der Waals surface area contributed by atoms with E-state index in [1.807, 2.05) is 22.6 Å². The van der Waals surface area contributed by atoms with Gasteiger partial charge in [0.2, 0.25) is 0 Å². The van der Waals surface area contributed by atoms with Gasteiger partial charge in [0, 0.05) is 0 Å². The Hall–Kier alpha value is -3.13. The van der Waals surface area contributed by atoms with Crippen molar-refractivity contribution in [2.45, 2.75) is 6.92 Å². The summed E-state index contributed by atoms with van der Waals surface area (Å²) in [7, 11) is 1.42. The number of nitrogens with one attached hydrogen (secondary N) is 1. The maximum atomic E-state index is 13.7. The van der Waals surface area contributed by atoms with Crippen molar-refractivity contribution in [3.8, 4) is 17.6 Å². The number of carbonyl (C=O) groups is 2. The molecule has 0 heterocycles. The largest absolute Gasteiger partial charge is 0.493 e. The zero-order chi connectivity index (χ0) is 22.1. The number of hydrogen-bond acceptors (Lipinski definition) is 6. The Labute approximate surface area is 186 Å². The molecule has 0 unspecified atom stereocenters. The molecule has 0 aliphatic carbocycles. The van der Waals surface area contributed by atoms with E-state index in [2.05, 4.69) is 5.32 Å². The maximum absolute atomic E-state index is 13.7. The van der Waals surface area contributed by atoms with Gasteiger partial charge in [-0.25, -0.2) is 9.18 Å². The predicted molar refractivity (Wildman–Crippen MR) is 116 cm³/mol. The number of hydrogen-bond donors (Lipinski definition) is 1. The molecule has 0 fully saturated rings. The Kier molecular flexibility index (Phi) is 8.61. The Balaban J connectivity index is 2.26. The second-order valence-electron chi connectivity index (χ2n) is 5.73. The van der Waals surface area contributed by atoms with Crippen molar-refractivity contribution in [1.82, 2.24) is 0 Å². The van der Waals surface area contributed by atoms with Crippen LogP contribution in [0.15, 0.2) is 42.0 Å². The van der Waals surface area contributed by atoms with Crippen LogP contribution in [0.3, 0.4) is 0 Å². The number of para-hydroxylation sites is 1. The van der Waals surface area contributed by atoms with Gasteiger partial charge in [0.15, 0.2) is 18.1 Å². The summed E-state index contributed by atoms with van der Waals surface area (Å²) in [5.74, 6) is -1.24. The molecular weight excluding hydrogens is 506 g/mol.